The first-order valence-electron chi connectivity index (χ1n) is 9.52. The van der Waals surface area contributed by atoms with Crippen molar-refractivity contribution in [1.29, 1.82) is 5.26 Å². The lowest BCUT2D eigenvalue weighted by Gasteiger charge is -2.34. The molecule has 1 fully saturated rings. The van der Waals surface area contributed by atoms with Gasteiger partial charge in [-0.3, -0.25) is 4.90 Å². The van der Waals surface area contributed by atoms with Gasteiger partial charge in [-0.25, -0.2) is 9.97 Å². The topological polar surface area (TPSA) is 77.3 Å². The molecule has 152 valence electrons. The van der Waals surface area contributed by atoms with Crippen LogP contribution in [0.3, 0.4) is 0 Å². The number of rotatable bonds is 5. The van der Waals surface area contributed by atoms with Crippen molar-refractivity contribution < 1.29 is 4.74 Å². The quantitative estimate of drug-likeness (QED) is 0.727. The normalized spacial score (nSPS) is 19.1. The van der Waals surface area contributed by atoms with E-state index < -0.39 is 0 Å². The van der Waals surface area contributed by atoms with Gasteiger partial charge in [-0.05, 0) is 35.4 Å². The Kier molecular flexibility index (Phi) is 6.07. The predicted octanol–water partition coefficient (Wildman–Crippen LogP) is 3.00. The standard InChI is InChI=1S/C20H22Cl2N6O/c1-29-15-2-3-17(21)13(8-15)9-27-11-16-18(12-27)25-20(22)26-19(16)28-7-6-24-14(10-28)4-5-23/h2-3,8,14,24H,4,6-7,9-12H2,1H3. The number of ether oxygens (including phenoxy) is 1. The van der Waals surface area contributed by atoms with Gasteiger partial charge >= 0.3 is 0 Å². The molecule has 1 aromatic carbocycles. The third-order valence-corrected chi connectivity index (χ3v) is 5.88. The van der Waals surface area contributed by atoms with Crippen LogP contribution >= 0.6 is 23.2 Å². The van der Waals surface area contributed by atoms with Crippen molar-refractivity contribution in [2.75, 3.05) is 31.6 Å². The molecule has 29 heavy (non-hydrogen) atoms. The first-order chi connectivity index (χ1) is 14.1. The van der Waals surface area contributed by atoms with E-state index in [1.54, 1.807) is 7.11 Å². The third kappa shape index (κ3) is 4.41. The molecule has 0 radical (unpaired) electrons. The number of nitriles is 1. The van der Waals surface area contributed by atoms with Crippen molar-refractivity contribution in [3.63, 3.8) is 0 Å². The van der Waals surface area contributed by atoms with E-state index in [0.29, 0.717) is 24.5 Å². The Balaban J connectivity index is 1.55. The molecule has 1 aromatic heterocycles. The first kappa shape index (κ1) is 20.2. The molecule has 7 nitrogen and oxygen atoms in total. The minimum Gasteiger partial charge on any atom is -0.497 e. The van der Waals surface area contributed by atoms with Crippen LogP contribution in [0.1, 0.15) is 23.2 Å². The van der Waals surface area contributed by atoms with Crippen LogP contribution in [-0.4, -0.2) is 47.7 Å². The maximum absolute atomic E-state index is 9.03. The summed E-state index contributed by atoms with van der Waals surface area (Å²) < 4.78 is 5.33. The highest BCUT2D eigenvalue weighted by molar-refractivity contribution is 6.31. The number of halogens is 2. The molecule has 2 aromatic rings. The highest BCUT2D eigenvalue weighted by Gasteiger charge is 2.30. The number of hydrogen-bond donors (Lipinski definition) is 1. The van der Waals surface area contributed by atoms with E-state index in [1.165, 1.54) is 0 Å². The Morgan fingerprint density at radius 3 is 2.97 bits per heavy atom. The Morgan fingerprint density at radius 2 is 2.17 bits per heavy atom. The minimum absolute atomic E-state index is 0.131. The highest BCUT2D eigenvalue weighted by Crippen LogP contribution is 2.33. The van der Waals surface area contributed by atoms with Gasteiger partial charge in [0.15, 0.2) is 0 Å². The second-order valence-corrected chi connectivity index (χ2v) is 8.05. The van der Waals surface area contributed by atoms with Gasteiger partial charge in [-0.2, -0.15) is 5.26 Å². The summed E-state index contributed by atoms with van der Waals surface area (Å²) >= 11 is 12.6. The number of nitrogens with one attached hydrogen (secondary N) is 1. The Hall–Kier alpha value is -2.11. The third-order valence-electron chi connectivity index (χ3n) is 5.34. The fourth-order valence-corrected chi connectivity index (χ4v) is 4.31. The second-order valence-electron chi connectivity index (χ2n) is 7.30. The number of anilines is 1. The van der Waals surface area contributed by atoms with Crippen molar-refractivity contribution >= 4 is 29.0 Å². The highest BCUT2D eigenvalue weighted by atomic mass is 35.5. The number of benzene rings is 1. The second kappa shape index (κ2) is 8.72. The maximum atomic E-state index is 9.03. The van der Waals surface area contributed by atoms with Crippen molar-refractivity contribution in [2.45, 2.75) is 32.1 Å². The van der Waals surface area contributed by atoms with E-state index in [0.717, 1.165) is 54.6 Å². The molecule has 0 spiro atoms. The lowest BCUT2D eigenvalue weighted by Crippen LogP contribution is -2.51. The summed E-state index contributed by atoms with van der Waals surface area (Å²) in [7, 11) is 1.65. The molecule has 0 amide bonds. The fourth-order valence-electron chi connectivity index (χ4n) is 3.95. The van der Waals surface area contributed by atoms with Crippen LogP contribution in [0.5, 0.6) is 5.75 Å². The van der Waals surface area contributed by atoms with Crippen molar-refractivity contribution in [1.82, 2.24) is 20.2 Å². The molecule has 0 aliphatic carbocycles. The summed E-state index contributed by atoms with van der Waals surface area (Å²) in [6.45, 7) is 4.46. The number of fused-ring (bicyclic) bond motifs is 1. The van der Waals surface area contributed by atoms with Gasteiger partial charge < -0.3 is 15.0 Å². The molecule has 4 rings (SSSR count). The average molecular weight is 433 g/mol. The molecule has 1 N–H and O–H groups in total. The summed E-state index contributed by atoms with van der Waals surface area (Å²) in [6, 6.07) is 8.06. The number of nitrogens with zero attached hydrogens (tertiary/aromatic N) is 5. The van der Waals surface area contributed by atoms with Crippen LogP contribution in [0.25, 0.3) is 0 Å². The zero-order valence-electron chi connectivity index (χ0n) is 16.2. The van der Waals surface area contributed by atoms with Crippen molar-refractivity contribution in [3.8, 4) is 11.8 Å². The number of methoxy groups -OCH3 is 1. The van der Waals surface area contributed by atoms with Crippen molar-refractivity contribution in [2.24, 2.45) is 0 Å². The molecule has 2 aliphatic heterocycles. The van der Waals surface area contributed by atoms with Crippen LogP contribution in [0, 0.1) is 11.3 Å². The summed E-state index contributed by atoms with van der Waals surface area (Å²) in [4.78, 5) is 13.5. The molecule has 0 saturated carbocycles. The van der Waals surface area contributed by atoms with E-state index in [9.17, 15) is 0 Å². The molecule has 3 heterocycles. The average Bonchev–Trinajstić information content (AvgIpc) is 3.11. The molecular formula is C20H22Cl2N6O. The SMILES string of the molecule is COc1ccc(Cl)c(CN2Cc3nc(Cl)nc(N4CCNC(CC#N)C4)c3C2)c1. The van der Waals surface area contributed by atoms with Gasteiger partial charge in [0.25, 0.3) is 0 Å². The fraction of sp³-hybridized carbons (Fsp3) is 0.450. The molecule has 9 heteroatoms. The van der Waals surface area contributed by atoms with Crippen LogP contribution in [0.4, 0.5) is 5.82 Å². The van der Waals surface area contributed by atoms with E-state index in [2.05, 4.69) is 31.2 Å². The van der Waals surface area contributed by atoms with Crippen LogP contribution in [0.2, 0.25) is 10.3 Å². The van der Waals surface area contributed by atoms with Gasteiger partial charge in [0.2, 0.25) is 5.28 Å². The van der Waals surface area contributed by atoms with Crippen LogP contribution < -0.4 is 15.0 Å². The maximum Gasteiger partial charge on any atom is 0.224 e. The summed E-state index contributed by atoms with van der Waals surface area (Å²) in [5.74, 6) is 1.66. The molecular weight excluding hydrogens is 411 g/mol. The molecule has 1 saturated heterocycles. The molecule has 1 unspecified atom stereocenters. The Bertz CT molecular complexity index is 947. The lowest BCUT2D eigenvalue weighted by atomic mass is 10.1. The Labute approximate surface area is 180 Å². The van der Waals surface area contributed by atoms with Gasteiger partial charge in [0, 0.05) is 55.9 Å². The number of hydrogen-bond acceptors (Lipinski definition) is 7. The number of piperazine rings is 1. The van der Waals surface area contributed by atoms with E-state index in [4.69, 9.17) is 33.2 Å². The molecule has 0 bridgehead atoms. The lowest BCUT2D eigenvalue weighted by molar-refractivity contribution is 0.273. The zero-order chi connectivity index (χ0) is 20.4. The van der Waals surface area contributed by atoms with Crippen LogP contribution in [0.15, 0.2) is 18.2 Å². The van der Waals surface area contributed by atoms with Gasteiger partial charge in [-0.1, -0.05) is 11.6 Å². The van der Waals surface area contributed by atoms with E-state index in [-0.39, 0.29) is 11.3 Å². The van der Waals surface area contributed by atoms with E-state index >= 15 is 0 Å². The molecule has 2 aliphatic rings. The predicted molar refractivity (Wildman–Crippen MR) is 112 cm³/mol. The molecule has 1 atom stereocenters. The van der Waals surface area contributed by atoms with Gasteiger partial charge in [0.1, 0.15) is 11.6 Å². The van der Waals surface area contributed by atoms with Gasteiger partial charge in [-0.15, -0.1) is 0 Å². The zero-order valence-corrected chi connectivity index (χ0v) is 17.7. The monoisotopic (exact) mass is 432 g/mol. The summed E-state index contributed by atoms with van der Waals surface area (Å²) in [5, 5.41) is 13.4. The minimum atomic E-state index is 0.131. The van der Waals surface area contributed by atoms with Crippen LogP contribution in [-0.2, 0) is 19.6 Å². The first-order valence-corrected chi connectivity index (χ1v) is 10.3. The summed E-state index contributed by atoms with van der Waals surface area (Å²) in [5.41, 5.74) is 3.07. The number of aromatic nitrogens is 2. The smallest absolute Gasteiger partial charge is 0.224 e. The largest absolute Gasteiger partial charge is 0.497 e. The van der Waals surface area contributed by atoms with Crippen molar-refractivity contribution in [3.05, 3.63) is 45.3 Å². The van der Waals surface area contributed by atoms with Gasteiger partial charge in [0.05, 0.1) is 25.3 Å². The van der Waals surface area contributed by atoms with E-state index in [1.807, 2.05) is 18.2 Å². The summed E-state index contributed by atoms with van der Waals surface area (Å²) in [6.07, 6.45) is 0.470. The Morgan fingerprint density at radius 1 is 1.31 bits per heavy atom.